The van der Waals surface area contributed by atoms with E-state index >= 15 is 0 Å². The van der Waals surface area contributed by atoms with Gasteiger partial charge in [0.25, 0.3) is 5.91 Å². The second kappa shape index (κ2) is 7.76. The zero-order valence-corrected chi connectivity index (χ0v) is 17.4. The van der Waals surface area contributed by atoms with E-state index in [1.54, 1.807) is 15.9 Å². The maximum atomic E-state index is 12.8. The third kappa shape index (κ3) is 3.62. The number of rotatable bonds is 4. The number of piperidine rings is 1. The minimum atomic E-state index is -0.397. The molecule has 1 amide bonds. The van der Waals surface area contributed by atoms with E-state index in [1.165, 1.54) is 24.8 Å². The largest absolute Gasteiger partial charge is 0.368 e. The summed E-state index contributed by atoms with van der Waals surface area (Å²) in [6, 6.07) is 8.19. The number of carbonyl (C=O) groups is 1. The minimum absolute atomic E-state index is 0.120. The Hall–Kier alpha value is -2.45. The zero-order valence-electron chi connectivity index (χ0n) is 16.6. The summed E-state index contributed by atoms with van der Waals surface area (Å²) in [4.78, 5) is 20.7. The fraction of sp³-hybridized carbons (Fsp3) is 0.476. The Kier molecular flexibility index (Phi) is 4.97. The number of carbonyl (C=O) groups excluding carboxylic acids is 1. The van der Waals surface area contributed by atoms with Crippen LogP contribution in [0.2, 0.25) is 0 Å². The molecule has 1 aromatic carbocycles. The lowest BCUT2D eigenvalue weighted by molar-refractivity contribution is -0.124. The second-order valence-corrected chi connectivity index (χ2v) is 8.73. The number of aromatic nitrogens is 3. The van der Waals surface area contributed by atoms with Crippen LogP contribution in [0, 0.1) is 6.92 Å². The van der Waals surface area contributed by atoms with Crippen molar-refractivity contribution in [3.8, 4) is 11.3 Å². The molecule has 0 aliphatic carbocycles. The SMILES string of the molecule is Cc1ccc(-c2nc3sc(N4CCCCC4)nn3c2NC(=O)C2CCCO2)cc1. The van der Waals surface area contributed by atoms with Gasteiger partial charge >= 0.3 is 0 Å². The highest BCUT2D eigenvalue weighted by molar-refractivity contribution is 7.20. The van der Waals surface area contributed by atoms with Crippen LogP contribution in [0.15, 0.2) is 24.3 Å². The lowest BCUT2D eigenvalue weighted by Gasteiger charge is -2.25. The number of imidazole rings is 1. The van der Waals surface area contributed by atoms with Crippen molar-refractivity contribution < 1.29 is 9.53 Å². The molecule has 1 N–H and O–H groups in total. The Morgan fingerprint density at radius 3 is 2.69 bits per heavy atom. The van der Waals surface area contributed by atoms with Crippen LogP contribution in [0.3, 0.4) is 0 Å². The highest BCUT2D eigenvalue weighted by Gasteiger charge is 2.28. The first-order valence-corrected chi connectivity index (χ1v) is 11.1. The lowest BCUT2D eigenvalue weighted by Crippen LogP contribution is -2.29. The van der Waals surface area contributed by atoms with Crippen LogP contribution in [0.25, 0.3) is 16.2 Å². The average molecular weight is 412 g/mol. The highest BCUT2D eigenvalue weighted by Crippen LogP contribution is 2.34. The van der Waals surface area contributed by atoms with Crippen molar-refractivity contribution in [3.63, 3.8) is 0 Å². The summed E-state index contributed by atoms with van der Waals surface area (Å²) in [5, 5.41) is 8.86. The molecule has 2 aliphatic rings. The molecule has 0 spiro atoms. The molecule has 1 unspecified atom stereocenters. The van der Waals surface area contributed by atoms with E-state index in [-0.39, 0.29) is 5.91 Å². The number of nitrogens with zero attached hydrogens (tertiary/aromatic N) is 4. The van der Waals surface area contributed by atoms with E-state index in [0.717, 1.165) is 47.3 Å². The molecule has 1 atom stereocenters. The molecule has 5 rings (SSSR count). The smallest absolute Gasteiger partial charge is 0.254 e. The van der Waals surface area contributed by atoms with Gasteiger partial charge < -0.3 is 15.0 Å². The number of nitrogens with one attached hydrogen (secondary N) is 1. The van der Waals surface area contributed by atoms with Gasteiger partial charge in [0.1, 0.15) is 11.8 Å². The first-order chi connectivity index (χ1) is 14.2. The molecule has 152 valence electrons. The van der Waals surface area contributed by atoms with Gasteiger partial charge in [-0.3, -0.25) is 4.79 Å². The Morgan fingerprint density at radius 1 is 1.17 bits per heavy atom. The molecular weight excluding hydrogens is 386 g/mol. The van der Waals surface area contributed by atoms with Crippen LogP contribution in [0.4, 0.5) is 10.9 Å². The Bertz CT molecular complexity index is 1010. The van der Waals surface area contributed by atoms with Gasteiger partial charge in [-0.1, -0.05) is 41.2 Å². The van der Waals surface area contributed by atoms with Crippen molar-refractivity contribution in [2.45, 2.75) is 45.1 Å². The van der Waals surface area contributed by atoms with Gasteiger partial charge in [0, 0.05) is 25.3 Å². The molecule has 0 bridgehead atoms. The predicted molar refractivity (Wildman–Crippen MR) is 115 cm³/mol. The van der Waals surface area contributed by atoms with Crippen LogP contribution in [0.5, 0.6) is 0 Å². The summed E-state index contributed by atoms with van der Waals surface area (Å²) >= 11 is 1.58. The fourth-order valence-electron chi connectivity index (χ4n) is 3.96. The summed E-state index contributed by atoms with van der Waals surface area (Å²) in [7, 11) is 0. The third-order valence-electron chi connectivity index (χ3n) is 5.61. The van der Waals surface area contributed by atoms with Crippen LogP contribution < -0.4 is 10.2 Å². The van der Waals surface area contributed by atoms with Gasteiger partial charge in [0.15, 0.2) is 5.82 Å². The number of ether oxygens (including phenoxy) is 1. The molecule has 0 saturated carbocycles. The molecule has 2 fully saturated rings. The lowest BCUT2D eigenvalue weighted by atomic mass is 10.1. The van der Waals surface area contributed by atoms with Crippen LogP contribution in [-0.2, 0) is 9.53 Å². The summed E-state index contributed by atoms with van der Waals surface area (Å²) in [5.74, 6) is 0.508. The molecular formula is C21H25N5O2S. The summed E-state index contributed by atoms with van der Waals surface area (Å²) in [5.41, 5.74) is 2.90. The fourth-order valence-corrected chi connectivity index (χ4v) is 4.91. The monoisotopic (exact) mass is 411 g/mol. The number of amides is 1. The molecule has 8 heteroatoms. The highest BCUT2D eigenvalue weighted by atomic mass is 32.1. The van der Waals surface area contributed by atoms with E-state index in [9.17, 15) is 4.79 Å². The molecule has 2 aliphatic heterocycles. The number of benzene rings is 1. The Balaban J connectivity index is 1.54. The number of hydrogen-bond acceptors (Lipinski definition) is 6. The van der Waals surface area contributed by atoms with Gasteiger partial charge in [0.2, 0.25) is 10.1 Å². The summed E-state index contributed by atoms with van der Waals surface area (Å²) in [6.07, 6.45) is 4.94. The average Bonchev–Trinajstić information content (AvgIpc) is 3.47. The maximum Gasteiger partial charge on any atom is 0.254 e. The van der Waals surface area contributed by atoms with Crippen molar-refractivity contribution in [3.05, 3.63) is 29.8 Å². The second-order valence-electron chi connectivity index (χ2n) is 7.79. The van der Waals surface area contributed by atoms with Crippen molar-refractivity contribution >= 4 is 33.2 Å². The Morgan fingerprint density at radius 2 is 1.97 bits per heavy atom. The predicted octanol–water partition coefficient (Wildman–Crippen LogP) is 3.87. The van der Waals surface area contributed by atoms with E-state index in [4.69, 9.17) is 14.8 Å². The van der Waals surface area contributed by atoms with Gasteiger partial charge in [-0.05, 0) is 39.0 Å². The molecule has 0 radical (unpaired) electrons. The molecule has 29 heavy (non-hydrogen) atoms. The number of hydrogen-bond donors (Lipinski definition) is 1. The number of anilines is 2. The molecule has 4 heterocycles. The van der Waals surface area contributed by atoms with E-state index < -0.39 is 6.10 Å². The normalized spacial score (nSPS) is 19.8. The van der Waals surface area contributed by atoms with E-state index in [2.05, 4.69) is 29.3 Å². The Labute approximate surface area is 173 Å². The summed E-state index contributed by atoms with van der Waals surface area (Å²) < 4.78 is 7.36. The van der Waals surface area contributed by atoms with Gasteiger partial charge in [-0.15, -0.1) is 5.10 Å². The molecule has 7 nitrogen and oxygen atoms in total. The van der Waals surface area contributed by atoms with E-state index in [1.807, 2.05) is 12.1 Å². The molecule has 2 saturated heterocycles. The minimum Gasteiger partial charge on any atom is -0.368 e. The first-order valence-electron chi connectivity index (χ1n) is 10.3. The first kappa shape index (κ1) is 18.6. The van der Waals surface area contributed by atoms with Crippen LogP contribution in [-0.4, -0.2) is 46.3 Å². The van der Waals surface area contributed by atoms with Crippen molar-refractivity contribution in [1.29, 1.82) is 0 Å². The van der Waals surface area contributed by atoms with Crippen LogP contribution >= 0.6 is 11.3 Å². The third-order valence-corrected chi connectivity index (χ3v) is 6.58. The zero-order chi connectivity index (χ0) is 19.8. The number of aryl methyl sites for hydroxylation is 1. The standard InChI is InChI=1S/C21H25N5O2S/c1-14-7-9-15(10-8-14)17-18(23-19(27)16-6-5-13-28-16)26-20(22-17)29-21(24-26)25-11-3-2-4-12-25/h7-10,16H,2-6,11-13H2,1H3,(H,23,27). The van der Waals surface area contributed by atoms with Crippen molar-refractivity contribution in [2.24, 2.45) is 0 Å². The van der Waals surface area contributed by atoms with Gasteiger partial charge in [0.05, 0.1) is 0 Å². The molecule has 3 aromatic rings. The maximum absolute atomic E-state index is 12.8. The van der Waals surface area contributed by atoms with E-state index in [0.29, 0.717) is 12.4 Å². The molecule has 2 aromatic heterocycles. The number of fused-ring (bicyclic) bond motifs is 1. The van der Waals surface area contributed by atoms with Crippen LogP contribution in [0.1, 0.15) is 37.7 Å². The summed E-state index contributed by atoms with van der Waals surface area (Å²) in [6.45, 7) is 4.75. The van der Waals surface area contributed by atoms with Gasteiger partial charge in [-0.2, -0.15) is 4.52 Å². The van der Waals surface area contributed by atoms with Crippen molar-refractivity contribution in [1.82, 2.24) is 14.6 Å². The topological polar surface area (TPSA) is 71.8 Å². The van der Waals surface area contributed by atoms with Crippen molar-refractivity contribution in [2.75, 3.05) is 29.9 Å². The van der Waals surface area contributed by atoms with Gasteiger partial charge in [-0.25, -0.2) is 4.98 Å². The quantitative estimate of drug-likeness (QED) is 0.706.